The number of hydrogen-bond donors (Lipinski definition) is 0. The molecule has 8 aromatic rings. The van der Waals surface area contributed by atoms with Crippen molar-refractivity contribution in [3.63, 3.8) is 0 Å². The molecule has 1 aliphatic rings. The van der Waals surface area contributed by atoms with E-state index in [-0.39, 0.29) is 13.2 Å². The quantitative estimate of drug-likeness (QED) is 0.0628. The second-order valence-corrected chi connectivity index (χ2v) is 18.6. The normalized spacial score (nSPS) is 12.1. The van der Waals surface area contributed by atoms with E-state index in [1.807, 2.05) is 115 Å². The van der Waals surface area contributed by atoms with Gasteiger partial charge in [0.25, 0.3) is 0 Å². The summed E-state index contributed by atoms with van der Waals surface area (Å²) < 4.78 is 38.7. The van der Waals surface area contributed by atoms with Crippen molar-refractivity contribution in [3.05, 3.63) is 263 Å². The largest absolute Gasteiger partial charge is 0.489 e. The summed E-state index contributed by atoms with van der Waals surface area (Å²) in [6.07, 6.45) is 4.17. The van der Waals surface area contributed by atoms with Gasteiger partial charge in [0.15, 0.2) is 0 Å². The highest BCUT2D eigenvalue weighted by atomic mass is 16.5. The minimum atomic E-state index is 0.260. The van der Waals surface area contributed by atoms with E-state index in [9.17, 15) is 0 Å². The highest BCUT2D eigenvalue weighted by molar-refractivity contribution is 5.65. The van der Waals surface area contributed by atoms with E-state index >= 15 is 0 Å². The van der Waals surface area contributed by atoms with Gasteiger partial charge in [-0.2, -0.15) is 0 Å². The molecule has 364 valence electrons. The maximum Gasteiger partial charge on any atom is 0.213 e. The first-order chi connectivity index (χ1) is 35.3. The van der Waals surface area contributed by atoms with E-state index in [0.717, 1.165) is 38.9 Å². The Morgan fingerprint density at radius 1 is 0.333 bits per heavy atom. The average molecular weight is 955 g/mol. The summed E-state index contributed by atoms with van der Waals surface area (Å²) >= 11 is 0. The van der Waals surface area contributed by atoms with Crippen molar-refractivity contribution >= 4 is 5.69 Å². The number of para-hydroxylation sites is 1. The third kappa shape index (κ3) is 13.8. The lowest BCUT2D eigenvalue weighted by atomic mass is 9.92. The molecule has 72 heavy (non-hydrogen) atoms. The van der Waals surface area contributed by atoms with Gasteiger partial charge in [-0.1, -0.05) is 167 Å². The molecule has 2 radical (unpaired) electrons. The molecule has 0 amide bonds. The molecule has 8 nitrogen and oxygen atoms in total. The fourth-order valence-electron chi connectivity index (χ4n) is 8.50. The zero-order chi connectivity index (χ0) is 49.5. The third-order valence-electron chi connectivity index (χ3n) is 12.2. The Balaban J connectivity index is 0.976. The van der Waals surface area contributed by atoms with Crippen molar-refractivity contribution in [2.24, 2.45) is 0 Å². The first-order valence-electron chi connectivity index (χ1n) is 24.7. The van der Waals surface area contributed by atoms with Gasteiger partial charge >= 0.3 is 0 Å². The summed E-state index contributed by atoms with van der Waals surface area (Å²) in [5, 5.41) is 0. The van der Waals surface area contributed by atoms with E-state index in [4.69, 9.17) is 28.4 Å². The summed E-state index contributed by atoms with van der Waals surface area (Å²) in [5.41, 5.74) is 10.9. The van der Waals surface area contributed by atoms with Crippen molar-refractivity contribution in [1.29, 1.82) is 0 Å². The van der Waals surface area contributed by atoms with Crippen molar-refractivity contribution in [3.8, 4) is 34.5 Å². The monoisotopic (exact) mass is 954 g/mol. The van der Waals surface area contributed by atoms with Gasteiger partial charge in [0.05, 0.1) is 5.69 Å². The molecular weight excluding hydrogens is 893 g/mol. The Kier molecular flexibility index (Phi) is 16.4. The van der Waals surface area contributed by atoms with Gasteiger partial charge in [-0.15, -0.1) is 0 Å². The number of rotatable bonds is 23. The second kappa shape index (κ2) is 24.1. The molecule has 1 heterocycles. The molecule has 0 spiro atoms. The molecule has 0 aliphatic carbocycles. The molecule has 0 bridgehead atoms. The van der Waals surface area contributed by atoms with E-state index in [0.29, 0.717) is 79.3 Å². The Hall–Kier alpha value is -8.10. The van der Waals surface area contributed by atoms with Gasteiger partial charge in [0.2, 0.25) is 6.67 Å². The Morgan fingerprint density at radius 3 is 0.958 bits per heavy atom. The SMILES string of the molecule is CC(C)c1cccc(C(C)C)c1N1[C]N(Cc2cc(OCc3cc(OCc4ccccc4)cc(OCc4ccccc4)c3)cc(OCc3cc(OCc4ccccc4)cc(OCc4ccccc4)c3)c2)C=C1. The van der Waals surface area contributed by atoms with Crippen molar-refractivity contribution in [2.45, 2.75) is 85.7 Å². The van der Waals surface area contributed by atoms with Crippen LogP contribution in [0.3, 0.4) is 0 Å². The van der Waals surface area contributed by atoms with Crippen LogP contribution in [0.15, 0.2) is 207 Å². The number of hydrogen-bond acceptors (Lipinski definition) is 8. The number of benzene rings is 8. The lowest BCUT2D eigenvalue weighted by Crippen LogP contribution is -2.21. The molecule has 8 heteroatoms. The van der Waals surface area contributed by atoms with Crippen LogP contribution >= 0.6 is 0 Å². The standard InChI is InChI=1S/C64H62N2O6/c1-47(2)62-26-17-27-63(48(3)4)64(62)66-29-28-65(46-66)39-53-30-56(71-44-54-32-58(67-40-49-18-9-5-10-19-49)37-59(33-54)68-41-50-20-11-6-12-21-50)36-57(31-53)72-45-55-34-60(69-42-51-22-13-7-14-23-51)38-61(35-55)70-43-52-24-15-8-16-25-52/h5-38,47-48H,39-45H2,1-4H3. The summed E-state index contributed by atoms with van der Waals surface area (Å²) in [4.78, 5) is 4.22. The molecule has 0 saturated heterocycles. The molecule has 0 atom stereocenters. The van der Waals surface area contributed by atoms with E-state index in [1.54, 1.807) is 0 Å². The van der Waals surface area contributed by atoms with E-state index in [2.05, 4.69) is 135 Å². The summed E-state index contributed by atoms with van der Waals surface area (Å²) in [6, 6.07) is 65.2. The van der Waals surface area contributed by atoms with Crippen molar-refractivity contribution in [2.75, 3.05) is 4.90 Å². The topological polar surface area (TPSA) is 61.9 Å². The first-order valence-corrected chi connectivity index (χ1v) is 24.7. The summed E-state index contributed by atoms with van der Waals surface area (Å²) in [5.74, 6) is 4.78. The fourth-order valence-corrected chi connectivity index (χ4v) is 8.50. The maximum atomic E-state index is 6.69. The molecule has 1 aliphatic heterocycles. The minimum absolute atomic E-state index is 0.260. The van der Waals surface area contributed by atoms with Crippen LogP contribution in [0.1, 0.15) is 89.6 Å². The van der Waals surface area contributed by atoms with E-state index in [1.165, 1.54) is 16.8 Å². The van der Waals surface area contributed by atoms with Gasteiger partial charge < -0.3 is 38.2 Å². The fraction of sp³-hybridized carbons (Fsp3) is 0.203. The first kappa shape index (κ1) is 48.9. The van der Waals surface area contributed by atoms with Gasteiger partial charge in [-0.25, -0.2) is 0 Å². The highest BCUT2D eigenvalue weighted by Crippen LogP contribution is 2.39. The Bertz CT molecular complexity index is 2690. The van der Waals surface area contributed by atoms with Gasteiger partial charge in [0, 0.05) is 37.1 Å². The van der Waals surface area contributed by atoms with Crippen LogP contribution in [-0.2, 0) is 46.2 Å². The van der Waals surface area contributed by atoms with Crippen molar-refractivity contribution < 1.29 is 28.4 Å². The predicted octanol–water partition coefficient (Wildman–Crippen LogP) is 15.2. The zero-order valence-electron chi connectivity index (χ0n) is 41.6. The molecule has 0 fully saturated rings. The third-order valence-corrected chi connectivity index (χ3v) is 12.2. The van der Waals surface area contributed by atoms with Crippen LogP contribution < -0.4 is 33.3 Å². The average Bonchev–Trinajstić information content (AvgIpc) is 3.88. The van der Waals surface area contributed by atoms with Gasteiger partial charge in [-0.05, 0) is 98.3 Å². The molecule has 0 unspecified atom stereocenters. The zero-order valence-corrected chi connectivity index (χ0v) is 41.6. The van der Waals surface area contributed by atoms with Crippen LogP contribution in [0, 0.1) is 6.67 Å². The van der Waals surface area contributed by atoms with E-state index < -0.39 is 0 Å². The van der Waals surface area contributed by atoms with Crippen LogP contribution in [0.2, 0.25) is 0 Å². The lowest BCUT2D eigenvalue weighted by Gasteiger charge is -2.27. The maximum absolute atomic E-state index is 6.69. The summed E-state index contributed by atoms with van der Waals surface area (Å²) in [6.45, 7) is 15.4. The lowest BCUT2D eigenvalue weighted by molar-refractivity contribution is 0.275. The minimum Gasteiger partial charge on any atom is -0.489 e. The molecule has 0 aromatic heterocycles. The smallest absolute Gasteiger partial charge is 0.213 e. The molecule has 8 aromatic carbocycles. The molecule has 0 N–H and O–H groups in total. The summed E-state index contributed by atoms with van der Waals surface area (Å²) in [7, 11) is 0. The highest BCUT2D eigenvalue weighted by Gasteiger charge is 2.24. The second-order valence-electron chi connectivity index (χ2n) is 18.6. The van der Waals surface area contributed by atoms with Crippen LogP contribution in [0.4, 0.5) is 5.69 Å². The Labute approximate surface area is 425 Å². The number of ether oxygens (including phenoxy) is 6. The van der Waals surface area contributed by atoms with Crippen LogP contribution in [-0.4, -0.2) is 4.90 Å². The molecule has 9 rings (SSSR count). The van der Waals surface area contributed by atoms with Crippen LogP contribution in [0.5, 0.6) is 34.5 Å². The number of anilines is 1. The predicted molar refractivity (Wildman–Crippen MR) is 286 cm³/mol. The van der Waals surface area contributed by atoms with Crippen molar-refractivity contribution in [1.82, 2.24) is 4.90 Å². The van der Waals surface area contributed by atoms with Crippen LogP contribution in [0.25, 0.3) is 0 Å². The molecule has 0 saturated carbocycles. The Morgan fingerprint density at radius 2 is 0.639 bits per heavy atom. The molecular formula is C64H62N2O6. The van der Waals surface area contributed by atoms with Gasteiger partial charge in [-0.3, -0.25) is 0 Å². The number of nitrogens with zero attached hydrogens (tertiary/aromatic N) is 2. The van der Waals surface area contributed by atoms with Gasteiger partial charge in [0.1, 0.15) is 74.1 Å².